The molecule has 0 aliphatic rings. The number of benzene rings is 2. The third-order valence-corrected chi connectivity index (χ3v) is 4.47. The predicted molar refractivity (Wildman–Crippen MR) is 102 cm³/mol. The van der Waals surface area contributed by atoms with Gasteiger partial charge in [-0.1, -0.05) is 35.3 Å². The summed E-state index contributed by atoms with van der Waals surface area (Å²) in [5.41, 5.74) is 9.20. The molecule has 0 aliphatic heterocycles. The molecule has 0 amide bonds. The van der Waals surface area contributed by atoms with Gasteiger partial charge in [-0.2, -0.15) is 10.4 Å². The van der Waals surface area contributed by atoms with E-state index in [2.05, 4.69) is 20.2 Å². The molecule has 8 heteroatoms. The van der Waals surface area contributed by atoms with Crippen molar-refractivity contribution in [2.24, 2.45) is 0 Å². The van der Waals surface area contributed by atoms with Crippen LogP contribution in [0.1, 0.15) is 5.69 Å². The molecule has 2 heterocycles. The van der Waals surface area contributed by atoms with Crippen LogP contribution in [-0.2, 0) is 0 Å². The second-order valence-corrected chi connectivity index (χ2v) is 6.41. The highest BCUT2D eigenvalue weighted by Gasteiger charge is 2.17. The number of nitrogen functional groups attached to an aromatic ring is 1. The van der Waals surface area contributed by atoms with E-state index >= 15 is 0 Å². The zero-order chi connectivity index (χ0) is 18.3. The van der Waals surface area contributed by atoms with Crippen LogP contribution in [0, 0.1) is 11.3 Å². The molecule has 0 bridgehead atoms. The van der Waals surface area contributed by atoms with E-state index in [1.165, 1.54) is 0 Å². The minimum absolute atomic E-state index is 0.0566. The van der Waals surface area contributed by atoms with Crippen molar-refractivity contribution in [2.45, 2.75) is 0 Å². The quantitative estimate of drug-likeness (QED) is 0.534. The smallest absolute Gasteiger partial charge is 0.183 e. The average molecular weight is 381 g/mol. The standard InChI is InChI=1S/C18H10Cl2N6/c19-12-3-1-9(2-4-12)16-17(24-14(7-21)18(22)25-16)10-5-11-8-23-26-15(11)13(20)6-10/h1-6,8H,(H2,22,25)(H,23,26). The van der Waals surface area contributed by atoms with Crippen molar-refractivity contribution in [3.63, 3.8) is 0 Å². The largest absolute Gasteiger partial charge is 0.381 e. The first-order valence-electron chi connectivity index (χ1n) is 7.53. The monoisotopic (exact) mass is 380 g/mol. The maximum absolute atomic E-state index is 9.29. The van der Waals surface area contributed by atoms with E-state index in [-0.39, 0.29) is 11.5 Å². The Morgan fingerprint density at radius 3 is 2.46 bits per heavy atom. The van der Waals surface area contributed by atoms with Crippen molar-refractivity contribution in [1.29, 1.82) is 5.26 Å². The summed E-state index contributed by atoms with van der Waals surface area (Å²) < 4.78 is 0. The van der Waals surface area contributed by atoms with Crippen LogP contribution in [0.2, 0.25) is 10.0 Å². The lowest BCUT2D eigenvalue weighted by molar-refractivity contribution is 1.12. The van der Waals surface area contributed by atoms with Crippen LogP contribution in [0.5, 0.6) is 0 Å². The number of aromatic amines is 1. The van der Waals surface area contributed by atoms with Gasteiger partial charge in [-0.3, -0.25) is 5.10 Å². The van der Waals surface area contributed by atoms with Gasteiger partial charge in [0.15, 0.2) is 11.5 Å². The Labute approximate surface area is 158 Å². The number of rotatable bonds is 2. The molecule has 0 spiro atoms. The van der Waals surface area contributed by atoms with Gasteiger partial charge in [-0.25, -0.2) is 9.97 Å². The van der Waals surface area contributed by atoms with Crippen molar-refractivity contribution in [3.8, 4) is 28.6 Å². The van der Waals surface area contributed by atoms with E-state index in [1.807, 2.05) is 24.3 Å². The first-order chi connectivity index (χ1) is 12.6. The fourth-order valence-electron chi connectivity index (χ4n) is 2.69. The van der Waals surface area contributed by atoms with E-state index in [0.29, 0.717) is 27.0 Å². The molecule has 3 N–H and O–H groups in total. The van der Waals surface area contributed by atoms with Gasteiger partial charge in [0.1, 0.15) is 6.07 Å². The highest BCUT2D eigenvalue weighted by atomic mass is 35.5. The molecular formula is C18H10Cl2N6. The molecule has 0 saturated carbocycles. The van der Waals surface area contributed by atoms with Gasteiger partial charge >= 0.3 is 0 Å². The Morgan fingerprint density at radius 2 is 1.73 bits per heavy atom. The van der Waals surface area contributed by atoms with Gasteiger partial charge in [0.05, 0.1) is 28.1 Å². The van der Waals surface area contributed by atoms with Gasteiger partial charge < -0.3 is 5.73 Å². The van der Waals surface area contributed by atoms with E-state index in [1.54, 1.807) is 24.4 Å². The molecule has 2 aromatic heterocycles. The summed E-state index contributed by atoms with van der Waals surface area (Å²) in [5, 5.41) is 18.1. The van der Waals surface area contributed by atoms with Crippen molar-refractivity contribution >= 4 is 39.9 Å². The molecule has 4 aromatic rings. The van der Waals surface area contributed by atoms with Crippen LogP contribution in [0.3, 0.4) is 0 Å². The first kappa shape index (κ1) is 16.3. The minimum atomic E-state index is 0.0566. The van der Waals surface area contributed by atoms with Crippen molar-refractivity contribution in [1.82, 2.24) is 20.2 Å². The lowest BCUT2D eigenvalue weighted by Gasteiger charge is -2.11. The number of hydrogen-bond acceptors (Lipinski definition) is 5. The van der Waals surface area contributed by atoms with Gasteiger partial charge in [-0.15, -0.1) is 0 Å². The Balaban J connectivity index is 2.01. The van der Waals surface area contributed by atoms with Crippen LogP contribution in [0.4, 0.5) is 5.82 Å². The third kappa shape index (κ3) is 2.73. The van der Waals surface area contributed by atoms with Crippen LogP contribution in [0.25, 0.3) is 33.4 Å². The van der Waals surface area contributed by atoms with Gasteiger partial charge in [0.2, 0.25) is 0 Å². The summed E-state index contributed by atoms with van der Waals surface area (Å²) in [4.78, 5) is 8.82. The van der Waals surface area contributed by atoms with E-state index < -0.39 is 0 Å². The van der Waals surface area contributed by atoms with Crippen LogP contribution in [-0.4, -0.2) is 20.2 Å². The number of fused-ring (bicyclic) bond motifs is 1. The normalized spacial score (nSPS) is 10.8. The molecule has 2 aromatic carbocycles. The number of nitrogens with two attached hydrogens (primary N) is 1. The van der Waals surface area contributed by atoms with Crippen molar-refractivity contribution < 1.29 is 0 Å². The van der Waals surface area contributed by atoms with Gasteiger partial charge in [0, 0.05) is 21.5 Å². The Morgan fingerprint density at radius 1 is 1.00 bits per heavy atom. The van der Waals surface area contributed by atoms with Crippen LogP contribution >= 0.6 is 23.2 Å². The molecule has 4 rings (SSSR count). The van der Waals surface area contributed by atoms with Crippen LogP contribution in [0.15, 0.2) is 42.6 Å². The minimum Gasteiger partial charge on any atom is -0.381 e. The SMILES string of the molecule is N#Cc1nc(-c2cc(Cl)c3[nH]ncc3c2)c(-c2ccc(Cl)cc2)nc1N. The molecule has 0 fully saturated rings. The number of nitrogens with zero attached hydrogens (tertiary/aromatic N) is 4. The summed E-state index contributed by atoms with van der Waals surface area (Å²) in [5.74, 6) is 0.0664. The average Bonchev–Trinajstić information content (AvgIpc) is 3.11. The molecule has 0 aliphatic carbocycles. The summed E-state index contributed by atoms with van der Waals surface area (Å²) in [6.07, 6.45) is 1.67. The zero-order valence-electron chi connectivity index (χ0n) is 13.2. The van der Waals surface area contributed by atoms with Gasteiger partial charge in [-0.05, 0) is 24.3 Å². The molecule has 126 valence electrons. The Bertz CT molecular complexity index is 1170. The van der Waals surface area contributed by atoms with E-state index in [4.69, 9.17) is 28.9 Å². The summed E-state index contributed by atoms with van der Waals surface area (Å²) >= 11 is 12.3. The summed E-state index contributed by atoms with van der Waals surface area (Å²) in [6.45, 7) is 0. The van der Waals surface area contributed by atoms with E-state index in [0.717, 1.165) is 16.5 Å². The zero-order valence-corrected chi connectivity index (χ0v) is 14.7. The number of nitriles is 1. The number of halogens is 2. The Kier molecular flexibility index (Phi) is 3.96. The number of anilines is 1. The fourth-order valence-corrected chi connectivity index (χ4v) is 3.09. The number of H-pyrrole nitrogens is 1. The molecular weight excluding hydrogens is 371 g/mol. The molecule has 0 atom stereocenters. The maximum atomic E-state index is 9.29. The summed E-state index contributed by atoms with van der Waals surface area (Å²) in [7, 11) is 0. The molecule has 0 radical (unpaired) electrons. The topological polar surface area (TPSA) is 104 Å². The molecule has 0 saturated heterocycles. The number of nitrogens with one attached hydrogen (secondary N) is 1. The maximum Gasteiger partial charge on any atom is 0.183 e. The lowest BCUT2D eigenvalue weighted by Crippen LogP contribution is -2.03. The second kappa shape index (κ2) is 6.30. The third-order valence-electron chi connectivity index (χ3n) is 3.92. The second-order valence-electron chi connectivity index (χ2n) is 5.57. The fraction of sp³-hybridized carbons (Fsp3) is 0. The van der Waals surface area contributed by atoms with Crippen molar-refractivity contribution in [2.75, 3.05) is 5.73 Å². The van der Waals surface area contributed by atoms with Crippen LogP contribution < -0.4 is 5.73 Å². The highest BCUT2D eigenvalue weighted by Crippen LogP contribution is 2.35. The number of aromatic nitrogens is 4. The molecule has 6 nitrogen and oxygen atoms in total. The van der Waals surface area contributed by atoms with Crippen molar-refractivity contribution in [3.05, 3.63) is 58.3 Å². The lowest BCUT2D eigenvalue weighted by atomic mass is 10.0. The molecule has 26 heavy (non-hydrogen) atoms. The number of hydrogen-bond donors (Lipinski definition) is 2. The Hall–Kier alpha value is -3.14. The summed E-state index contributed by atoms with van der Waals surface area (Å²) in [6, 6.07) is 12.7. The van der Waals surface area contributed by atoms with E-state index in [9.17, 15) is 5.26 Å². The van der Waals surface area contributed by atoms with Gasteiger partial charge in [0.25, 0.3) is 0 Å². The molecule has 0 unspecified atom stereocenters. The first-order valence-corrected chi connectivity index (χ1v) is 8.29. The highest BCUT2D eigenvalue weighted by molar-refractivity contribution is 6.35. The predicted octanol–water partition coefficient (Wildman–Crippen LogP) is 4.45.